The summed E-state index contributed by atoms with van der Waals surface area (Å²) >= 11 is 3.31. The number of nitrogens with zero attached hydrogens (tertiary/aromatic N) is 4. The predicted octanol–water partition coefficient (Wildman–Crippen LogP) is 1.87. The third kappa shape index (κ3) is 3.42. The Balaban J connectivity index is 1.34. The first kappa shape index (κ1) is 17.3. The summed E-state index contributed by atoms with van der Waals surface area (Å²) in [5.41, 5.74) is -0.148. The molecule has 0 radical (unpaired) electrons. The number of hydrogen-bond acceptors (Lipinski definition) is 5. The Morgan fingerprint density at radius 2 is 2.31 bits per heavy atom. The number of pyridine rings is 1. The van der Waals surface area contributed by atoms with Crippen molar-refractivity contribution >= 4 is 27.8 Å². The lowest BCUT2D eigenvalue weighted by Crippen LogP contribution is -2.36. The fourth-order valence-electron chi connectivity index (χ4n) is 3.46. The maximum Gasteiger partial charge on any atom is 0.300 e. The Morgan fingerprint density at radius 1 is 1.50 bits per heavy atom. The van der Waals surface area contributed by atoms with E-state index in [9.17, 15) is 13.9 Å². The number of alkyl halides is 2. The van der Waals surface area contributed by atoms with Gasteiger partial charge in [0.05, 0.1) is 12.1 Å². The number of rotatable bonds is 4. The van der Waals surface area contributed by atoms with Crippen LogP contribution < -0.4 is 15.1 Å². The van der Waals surface area contributed by atoms with E-state index in [1.807, 2.05) is 12.1 Å². The van der Waals surface area contributed by atoms with Gasteiger partial charge in [-0.2, -0.15) is 0 Å². The van der Waals surface area contributed by atoms with E-state index >= 15 is 0 Å². The summed E-state index contributed by atoms with van der Waals surface area (Å²) in [4.78, 5) is 8.20. The average molecular weight is 428 g/mol. The highest BCUT2D eigenvalue weighted by Gasteiger charge is 2.72. The van der Waals surface area contributed by atoms with Crippen LogP contribution in [0.15, 0.2) is 38.5 Å². The van der Waals surface area contributed by atoms with Crippen molar-refractivity contribution in [3.05, 3.63) is 34.7 Å². The van der Waals surface area contributed by atoms with Crippen molar-refractivity contribution < 1.29 is 23.1 Å². The summed E-state index contributed by atoms with van der Waals surface area (Å²) in [6.07, 6.45) is 4.30. The Morgan fingerprint density at radius 3 is 2.96 bits per heavy atom. The molecule has 26 heavy (non-hydrogen) atoms. The molecule has 10 heteroatoms. The summed E-state index contributed by atoms with van der Waals surface area (Å²) in [6, 6.07) is 2.72. The van der Waals surface area contributed by atoms with Crippen molar-refractivity contribution in [2.24, 2.45) is 10.4 Å². The number of halogens is 3. The Hall–Kier alpha value is -2.10. The molecule has 0 amide bonds. The monoisotopic (exact) mass is 427 g/mol. The van der Waals surface area contributed by atoms with Crippen molar-refractivity contribution in [3.8, 4) is 0 Å². The quantitative estimate of drug-likeness (QED) is 0.456. The van der Waals surface area contributed by atoms with Crippen LogP contribution in [0.25, 0.3) is 0 Å². The van der Waals surface area contributed by atoms with Crippen molar-refractivity contribution in [1.82, 2.24) is 10.3 Å². The zero-order valence-corrected chi connectivity index (χ0v) is 15.2. The van der Waals surface area contributed by atoms with Crippen LogP contribution in [0.1, 0.15) is 31.4 Å². The molecule has 7 nitrogen and oxygen atoms in total. The highest BCUT2D eigenvalue weighted by atomic mass is 79.9. The number of aromatic nitrogens is 3. The lowest BCUT2D eigenvalue weighted by atomic mass is 10.1. The van der Waals surface area contributed by atoms with Gasteiger partial charge < -0.3 is 10.4 Å². The molecule has 1 N–H and O–H groups in total. The largest absolute Gasteiger partial charge is 0.846 e. The van der Waals surface area contributed by atoms with Gasteiger partial charge in [-0.1, -0.05) is 0 Å². The van der Waals surface area contributed by atoms with E-state index in [-0.39, 0.29) is 24.8 Å². The fraction of sp³-hybridized carbons (Fsp3) is 0.500. The molecule has 2 unspecified atom stereocenters. The predicted molar refractivity (Wildman–Crippen MR) is 88.4 cm³/mol. The Kier molecular flexibility index (Phi) is 4.17. The highest BCUT2D eigenvalue weighted by Crippen LogP contribution is 2.68. The van der Waals surface area contributed by atoms with Gasteiger partial charge in [0, 0.05) is 22.5 Å². The second-order valence-corrected chi connectivity index (χ2v) is 7.76. The van der Waals surface area contributed by atoms with Gasteiger partial charge in [-0.15, -0.1) is 0 Å². The van der Waals surface area contributed by atoms with Crippen molar-refractivity contribution in [2.45, 2.75) is 44.2 Å². The molecule has 1 spiro atoms. The van der Waals surface area contributed by atoms with E-state index < -0.39 is 17.4 Å². The molecule has 4 rings (SSSR count). The van der Waals surface area contributed by atoms with E-state index in [0.717, 1.165) is 10.2 Å². The zero-order valence-electron chi connectivity index (χ0n) is 13.7. The van der Waals surface area contributed by atoms with E-state index in [1.54, 1.807) is 6.20 Å². The third-order valence-electron chi connectivity index (χ3n) is 4.95. The standard InChI is InChI=1S/C16H16BrF2N5O2/c17-10-1-2-12(20-6-10)7-24-8-13(26-23-24)22-14(25)21-11-3-4-15(5-11)9-16(15,18)19/h1-2,6,8,11H,3-5,7,9H2,(H-,21,22,23,25). The molecule has 138 valence electrons. The first-order chi connectivity index (χ1) is 12.4. The summed E-state index contributed by atoms with van der Waals surface area (Å²) < 4.78 is 34.2. The average Bonchev–Trinajstić information content (AvgIpc) is 2.94. The molecule has 2 aliphatic carbocycles. The number of nitrogens with one attached hydrogen (secondary N) is 1. The molecule has 0 aromatic carbocycles. The first-order valence-corrected chi connectivity index (χ1v) is 9.01. The highest BCUT2D eigenvalue weighted by molar-refractivity contribution is 9.10. The number of aliphatic imine (C=N–C) groups is 1. The lowest BCUT2D eigenvalue weighted by molar-refractivity contribution is -0.755. The van der Waals surface area contributed by atoms with Crippen LogP contribution in [0.4, 0.5) is 14.7 Å². The first-order valence-electron chi connectivity index (χ1n) is 8.22. The minimum Gasteiger partial charge on any atom is -0.846 e. The van der Waals surface area contributed by atoms with Gasteiger partial charge in [-0.3, -0.25) is 14.5 Å². The molecule has 0 bridgehead atoms. The van der Waals surface area contributed by atoms with Gasteiger partial charge in [0.15, 0.2) is 0 Å². The smallest absolute Gasteiger partial charge is 0.300 e. The van der Waals surface area contributed by atoms with E-state index in [1.165, 1.54) is 10.9 Å². The second-order valence-electron chi connectivity index (χ2n) is 6.85. The summed E-state index contributed by atoms with van der Waals surface area (Å²) in [7, 11) is 0. The Labute approximate surface area is 156 Å². The maximum absolute atomic E-state index is 13.4. The van der Waals surface area contributed by atoms with Crippen LogP contribution in [0, 0.1) is 5.41 Å². The summed E-state index contributed by atoms with van der Waals surface area (Å²) in [5.74, 6) is -2.45. The van der Waals surface area contributed by atoms with Gasteiger partial charge in [-0.25, -0.2) is 8.78 Å². The fourth-order valence-corrected chi connectivity index (χ4v) is 3.69. The van der Waals surface area contributed by atoms with Crippen LogP contribution in [-0.4, -0.2) is 28.2 Å². The topological polar surface area (TPSA) is 90.2 Å². The SMILES string of the molecule is [O-]C(=NC1CCC2(C1)CC2(F)F)Nc1c[n+](Cc2ccc(Br)cn2)no1. The van der Waals surface area contributed by atoms with Crippen LogP contribution in [0.5, 0.6) is 0 Å². The molecule has 0 aliphatic heterocycles. The maximum atomic E-state index is 13.4. The molecule has 2 aromatic heterocycles. The third-order valence-corrected chi connectivity index (χ3v) is 5.42. The molecular weight excluding hydrogens is 412 g/mol. The number of hydrogen-bond donors (Lipinski definition) is 1. The molecule has 2 heterocycles. The van der Waals surface area contributed by atoms with Crippen molar-refractivity contribution in [2.75, 3.05) is 5.32 Å². The van der Waals surface area contributed by atoms with Gasteiger partial charge >= 0.3 is 0 Å². The second kappa shape index (κ2) is 6.26. The molecule has 2 atom stereocenters. The van der Waals surface area contributed by atoms with Crippen LogP contribution in [-0.2, 0) is 6.54 Å². The lowest BCUT2D eigenvalue weighted by Gasteiger charge is -2.13. The van der Waals surface area contributed by atoms with Gasteiger partial charge in [0.25, 0.3) is 18.0 Å². The zero-order chi connectivity index (χ0) is 18.4. The number of anilines is 1. The van der Waals surface area contributed by atoms with Crippen LogP contribution in [0.2, 0.25) is 0 Å². The minimum atomic E-state index is -2.59. The van der Waals surface area contributed by atoms with E-state index in [2.05, 4.69) is 36.5 Å². The molecule has 2 fully saturated rings. The van der Waals surface area contributed by atoms with Gasteiger partial charge in [0.2, 0.25) is 11.8 Å². The minimum absolute atomic E-state index is 0.0835. The molecule has 0 saturated heterocycles. The summed E-state index contributed by atoms with van der Waals surface area (Å²) in [5, 5.41) is 18.3. The molecule has 2 aliphatic rings. The van der Waals surface area contributed by atoms with E-state index in [0.29, 0.717) is 19.4 Å². The Bertz CT molecular complexity index is 841. The van der Waals surface area contributed by atoms with E-state index in [4.69, 9.17) is 4.52 Å². The molecular formula is C16H16BrF2N5O2. The van der Waals surface area contributed by atoms with Crippen LogP contribution >= 0.6 is 15.9 Å². The van der Waals surface area contributed by atoms with Crippen molar-refractivity contribution in [3.63, 3.8) is 0 Å². The normalized spacial score (nSPS) is 27.0. The summed E-state index contributed by atoms with van der Waals surface area (Å²) in [6.45, 7) is 0.379. The van der Waals surface area contributed by atoms with Crippen molar-refractivity contribution in [1.29, 1.82) is 0 Å². The molecule has 2 saturated carbocycles. The molecule has 2 aromatic rings. The van der Waals surface area contributed by atoms with Gasteiger partial charge in [-0.05, 0) is 52.0 Å². The number of amidine groups is 1. The van der Waals surface area contributed by atoms with Gasteiger partial charge in [0.1, 0.15) is 5.69 Å². The van der Waals surface area contributed by atoms with Crippen LogP contribution in [0.3, 0.4) is 0 Å².